The molecule has 1 aromatic rings. The third kappa shape index (κ3) is 3.63. The molecule has 0 radical (unpaired) electrons. The Morgan fingerprint density at radius 2 is 2.20 bits per heavy atom. The molecular formula is C13H18N2O4S. The lowest BCUT2D eigenvalue weighted by atomic mass is 10.0. The van der Waals surface area contributed by atoms with E-state index in [4.69, 9.17) is 10.2 Å². The maximum atomic E-state index is 11.9. The Bertz CT molecular complexity index is 471. The molecule has 0 saturated heterocycles. The molecule has 1 amide bonds. The molecule has 20 heavy (non-hydrogen) atoms. The molecule has 3 atom stereocenters. The molecule has 0 aromatic heterocycles. The number of fused-ring (bicyclic) bond motifs is 1. The van der Waals surface area contributed by atoms with Crippen LogP contribution in [0.5, 0.6) is 0 Å². The molecule has 2 rings (SSSR count). The minimum Gasteiger partial charge on any atom is -0.598 e. The molecule has 0 spiro atoms. The first-order valence-corrected chi connectivity index (χ1v) is 7.73. The van der Waals surface area contributed by atoms with Crippen molar-refractivity contribution in [2.75, 3.05) is 18.9 Å². The summed E-state index contributed by atoms with van der Waals surface area (Å²) in [4.78, 5) is 10.9. The van der Waals surface area contributed by atoms with Crippen molar-refractivity contribution in [1.82, 2.24) is 10.0 Å². The van der Waals surface area contributed by atoms with Gasteiger partial charge in [0.05, 0.1) is 19.1 Å². The van der Waals surface area contributed by atoms with E-state index in [9.17, 15) is 9.35 Å². The molecule has 0 fully saturated rings. The Morgan fingerprint density at radius 1 is 1.45 bits per heavy atom. The van der Waals surface area contributed by atoms with Crippen LogP contribution in [0.1, 0.15) is 17.0 Å². The predicted octanol–water partition coefficient (Wildman–Crippen LogP) is 0.208. The first-order chi connectivity index (χ1) is 9.61. The average Bonchev–Trinajstić information content (AvgIpc) is 2.74. The highest BCUT2D eigenvalue weighted by Crippen LogP contribution is 2.34. The number of benzene rings is 1. The van der Waals surface area contributed by atoms with Gasteiger partial charge in [0, 0.05) is 17.4 Å². The first-order valence-electron chi connectivity index (χ1n) is 6.42. The van der Waals surface area contributed by atoms with Crippen molar-refractivity contribution in [2.45, 2.75) is 18.4 Å². The zero-order chi connectivity index (χ0) is 14.5. The molecule has 4 N–H and O–H groups in total. The lowest BCUT2D eigenvalue weighted by Crippen LogP contribution is -2.41. The van der Waals surface area contributed by atoms with Crippen LogP contribution < -0.4 is 10.0 Å². The average molecular weight is 298 g/mol. The summed E-state index contributed by atoms with van der Waals surface area (Å²) in [5.74, 6) is 0.205. The maximum Gasteiger partial charge on any atom is 0.404 e. The topological polar surface area (TPSA) is 105 Å². The quantitative estimate of drug-likeness (QED) is 0.562. The van der Waals surface area contributed by atoms with Crippen LogP contribution in [-0.2, 0) is 17.8 Å². The van der Waals surface area contributed by atoms with Gasteiger partial charge >= 0.3 is 6.09 Å². The van der Waals surface area contributed by atoms with E-state index in [0.29, 0.717) is 12.2 Å². The van der Waals surface area contributed by atoms with E-state index in [2.05, 4.69) is 10.0 Å². The van der Waals surface area contributed by atoms with E-state index in [1.165, 1.54) is 0 Å². The van der Waals surface area contributed by atoms with Crippen LogP contribution >= 0.6 is 0 Å². The second-order valence-corrected chi connectivity index (χ2v) is 6.01. The number of rotatable bonds is 6. The zero-order valence-corrected chi connectivity index (χ0v) is 11.7. The predicted molar refractivity (Wildman–Crippen MR) is 75.9 cm³/mol. The summed E-state index contributed by atoms with van der Waals surface area (Å²) < 4.78 is 14.6. The summed E-state index contributed by atoms with van der Waals surface area (Å²) in [5, 5.41) is 20.1. The number of carboxylic acid groups (broad SMARTS) is 1. The second kappa shape index (κ2) is 6.94. The summed E-state index contributed by atoms with van der Waals surface area (Å²) in [6.45, 7) is 0.182. The van der Waals surface area contributed by atoms with E-state index in [0.717, 1.165) is 11.1 Å². The minimum absolute atomic E-state index is 0.0796. The molecule has 7 heteroatoms. The fraction of sp³-hybridized carbons (Fsp3) is 0.462. The van der Waals surface area contributed by atoms with Gasteiger partial charge in [-0.1, -0.05) is 24.3 Å². The summed E-state index contributed by atoms with van der Waals surface area (Å²) in [5.41, 5.74) is 2.14. The zero-order valence-electron chi connectivity index (χ0n) is 10.9. The molecule has 110 valence electrons. The number of carbonyl (C=O) groups is 1. The minimum atomic E-state index is -1.30. The third-order valence-electron chi connectivity index (χ3n) is 3.39. The number of amides is 1. The highest BCUT2D eigenvalue weighted by Gasteiger charge is 2.36. The van der Waals surface area contributed by atoms with Crippen LogP contribution in [0.25, 0.3) is 0 Å². The Kier molecular flexibility index (Phi) is 5.24. The van der Waals surface area contributed by atoms with E-state index in [1.807, 2.05) is 24.3 Å². The van der Waals surface area contributed by atoms with Crippen molar-refractivity contribution in [2.24, 2.45) is 0 Å². The molecule has 1 aliphatic rings. The van der Waals surface area contributed by atoms with Crippen molar-refractivity contribution >= 4 is 17.5 Å². The highest BCUT2D eigenvalue weighted by molar-refractivity contribution is 7.89. The van der Waals surface area contributed by atoms with E-state index in [-0.39, 0.29) is 25.1 Å². The van der Waals surface area contributed by atoms with Crippen molar-refractivity contribution in [3.63, 3.8) is 0 Å². The van der Waals surface area contributed by atoms with Crippen molar-refractivity contribution in [3.8, 4) is 0 Å². The number of aliphatic hydroxyl groups excluding tert-OH is 1. The van der Waals surface area contributed by atoms with Gasteiger partial charge in [-0.15, -0.1) is 4.72 Å². The monoisotopic (exact) mass is 298 g/mol. The van der Waals surface area contributed by atoms with E-state index >= 15 is 0 Å². The van der Waals surface area contributed by atoms with Crippen LogP contribution in [0.15, 0.2) is 24.3 Å². The normalized spacial score (nSPS) is 22.3. The number of hydrogen-bond acceptors (Lipinski definition) is 4. The number of nitrogens with one attached hydrogen (secondary N) is 2. The Labute approximate surface area is 120 Å². The molecule has 0 saturated carbocycles. The van der Waals surface area contributed by atoms with Crippen molar-refractivity contribution < 1.29 is 19.6 Å². The van der Waals surface area contributed by atoms with Crippen molar-refractivity contribution in [1.29, 1.82) is 0 Å². The second-order valence-electron chi connectivity index (χ2n) is 4.70. The molecule has 1 aliphatic carbocycles. The summed E-state index contributed by atoms with van der Waals surface area (Å²) in [6, 6.07) is 7.48. The maximum absolute atomic E-state index is 11.9. The van der Waals surface area contributed by atoms with Gasteiger partial charge < -0.3 is 20.1 Å². The van der Waals surface area contributed by atoms with E-state index < -0.39 is 17.5 Å². The Hall–Kier alpha value is -1.28. The summed E-state index contributed by atoms with van der Waals surface area (Å²) >= 11 is -1.30. The smallest absolute Gasteiger partial charge is 0.404 e. The van der Waals surface area contributed by atoms with Gasteiger partial charge in [-0.2, -0.15) is 0 Å². The molecule has 1 aromatic carbocycles. The molecule has 0 heterocycles. The van der Waals surface area contributed by atoms with Crippen LogP contribution in [0.3, 0.4) is 0 Å². The standard InChI is InChI=1S/C13H18N2O4S/c16-6-5-14-20(19)8-11-10-4-2-1-3-9(10)7-12(11)15-13(17)18/h1-4,11-12,14-16H,5-8H2,(H,17,18). The fourth-order valence-corrected chi connectivity index (χ4v) is 3.75. The Balaban J connectivity index is 2.10. The van der Waals surface area contributed by atoms with Crippen molar-refractivity contribution in [3.05, 3.63) is 35.4 Å². The molecule has 6 nitrogen and oxygen atoms in total. The SMILES string of the molecule is O=C(O)NC1Cc2ccccc2C1C[S+]([O-])NCCO. The van der Waals surface area contributed by atoms with Crippen LogP contribution in [0.4, 0.5) is 4.79 Å². The van der Waals surface area contributed by atoms with Gasteiger partial charge in [0.15, 0.2) is 0 Å². The Morgan fingerprint density at radius 3 is 2.90 bits per heavy atom. The van der Waals surface area contributed by atoms with Gasteiger partial charge in [-0.05, 0) is 17.5 Å². The molecular weight excluding hydrogens is 280 g/mol. The van der Waals surface area contributed by atoms with Crippen LogP contribution in [0, 0.1) is 0 Å². The van der Waals surface area contributed by atoms with Gasteiger partial charge in [0.25, 0.3) is 0 Å². The molecule has 3 unspecified atom stereocenters. The summed E-state index contributed by atoms with van der Waals surface area (Å²) in [7, 11) is 0. The lowest BCUT2D eigenvalue weighted by Gasteiger charge is -2.21. The van der Waals surface area contributed by atoms with Gasteiger partial charge in [0.2, 0.25) is 0 Å². The van der Waals surface area contributed by atoms with Gasteiger partial charge in [0.1, 0.15) is 5.75 Å². The molecule has 0 aliphatic heterocycles. The number of aliphatic hydroxyl groups is 1. The lowest BCUT2D eigenvalue weighted by molar-refractivity contribution is 0.189. The third-order valence-corrected chi connectivity index (χ3v) is 4.58. The number of hydrogen-bond donors (Lipinski definition) is 4. The fourth-order valence-electron chi connectivity index (χ4n) is 2.58. The highest BCUT2D eigenvalue weighted by atomic mass is 32.2. The van der Waals surface area contributed by atoms with Crippen LogP contribution in [0.2, 0.25) is 0 Å². The van der Waals surface area contributed by atoms with Gasteiger partial charge in [-0.25, -0.2) is 4.79 Å². The van der Waals surface area contributed by atoms with Gasteiger partial charge in [-0.3, -0.25) is 0 Å². The first kappa shape index (κ1) is 15.1. The van der Waals surface area contributed by atoms with E-state index in [1.54, 1.807) is 0 Å². The van der Waals surface area contributed by atoms with Crippen LogP contribution in [-0.4, -0.2) is 45.8 Å². The molecule has 0 bridgehead atoms. The largest absolute Gasteiger partial charge is 0.598 e. The summed E-state index contributed by atoms with van der Waals surface area (Å²) in [6.07, 6.45) is -0.452.